The van der Waals surface area contributed by atoms with Gasteiger partial charge in [0.2, 0.25) is 0 Å². The van der Waals surface area contributed by atoms with Crippen LogP contribution in [0.3, 0.4) is 0 Å². The van der Waals surface area contributed by atoms with Gasteiger partial charge in [-0.25, -0.2) is 0 Å². The zero-order valence-corrected chi connectivity index (χ0v) is 9.44. The molecule has 1 aliphatic rings. The molecule has 0 aromatic rings. The average Bonchev–Trinajstić information content (AvgIpc) is 2.16. The molecule has 0 bridgehead atoms. The Morgan fingerprint density at radius 3 is 2.36 bits per heavy atom. The first-order valence-corrected chi connectivity index (χ1v) is 4.25. The summed E-state index contributed by atoms with van der Waals surface area (Å²) in [4.78, 5) is 8.45. The minimum Gasteiger partial charge on any atom is -0.566 e. The molecule has 1 aliphatic heterocycles. The van der Waals surface area contributed by atoms with Gasteiger partial charge in [0, 0.05) is 0 Å². The Morgan fingerprint density at radius 2 is 1.93 bits per heavy atom. The first-order valence-electron chi connectivity index (χ1n) is 4.25. The van der Waals surface area contributed by atoms with Crippen molar-refractivity contribution in [2.24, 2.45) is 15.9 Å². The second kappa shape index (κ2) is 6.00. The number of hydrogen-bond acceptors (Lipinski definition) is 4. The van der Waals surface area contributed by atoms with Gasteiger partial charge in [-0.1, -0.05) is 20.4 Å². The van der Waals surface area contributed by atoms with Crippen LogP contribution in [0.1, 0.15) is 13.8 Å². The van der Waals surface area contributed by atoms with Crippen molar-refractivity contribution in [1.82, 2.24) is 0 Å². The molecule has 1 heterocycles. The number of hydrogen-bond donors (Lipinski definition) is 0. The Balaban J connectivity index is 0.00000169. The van der Waals surface area contributed by atoms with Crippen LogP contribution in [-0.4, -0.2) is 32.1 Å². The summed E-state index contributed by atoms with van der Waals surface area (Å²) in [6, 6.07) is -0.0232. The summed E-state index contributed by atoms with van der Waals surface area (Å²) in [5.41, 5.74) is 0. The van der Waals surface area contributed by atoms with Gasteiger partial charge in [-0.05, 0) is 5.92 Å². The van der Waals surface area contributed by atoms with Crippen LogP contribution in [0, 0.1) is 12.5 Å². The van der Waals surface area contributed by atoms with Crippen LogP contribution in [0.15, 0.2) is 9.98 Å². The van der Waals surface area contributed by atoms with E-state index in [1.807, 2.05) is 0 Å². The minimum absolute atomic E-state index is 0. The molecule has 0 aliphatic carbocycles. The van der Waals surface area contributed by atoms with Gasteiger partial charge in [-0.15, -0.1) is 0 Å². The summed E-state index contributed by atoms with van der Waals surface area (Å²) in [6.45, 7) is 5.71. The fourth-order valence-electron chi connectivity index (χ4n) is 1.13. The Morgan fingerprint density at radius 1 is 1.29 bits per heavy atom. The van der Waals surface area contributed by atoms with Crippen LogP contribution >= 0.6 is 0 Å². The fraction of sp³-hybridized carbons (Fsp3) is 0.667. The Hall–Kier alpha value is -0.593. The fourth-order valence-corrected chi connectivity index (χ4v) is 1.13. The first kappa shape index (κ1) is 13.4. The van der Waals surface area contributed by atoms with Crippen LogP contribution in [0.2, 0.25) is 0 Å². The van der Waals surface area contributed by atoms with Crippen LogP contribution < -0.4 is 18.9 Å². The molecule has 0 spiro atoms. The van der Waals surface area contributed by atoms with Crippen molar-refractivity contribution in [2.45, 2.75) is 19.9 Å². The second-order valence-electron chi connectivity index (χ2n) is 3.16. The van der Waals surface area contributed by atoms with Gasteiger partial charge >= 0.3 is 18.9 Å². The number of methoxy groups -OCH3 is 2. The van der Waals surface area contributed by atoms with Crippen molar-refractivity contribution in [3.8, 4) is 0 Å². The van der Waals surface area contributed by atoms with Crippen molar-refractivity contribution in [3.63, 3.8) is 0 Å². The first-order chi connectivity index (χ1) is 6.19. The summed E-state index contributed by atoms with van der Waals surface area (Å²) in [6.07, 6.45) is 0. The molecule has 0 fully saturated rings. The predicted molar refractivity (Wildman–Crippen MR) is 51.8 cm³/mol. The number of nitrogens with zero attached hydrogens (tertiary/aromatic N) is 2. The summed E-state index contributed by atoms with van der Waals surface area (Å²) in [5.74, 6) is 1.56. The van der Waals surface area contributed by atoms with E-state index in [0.29, 0.717) is 17.7 Å². The normalized spacial score (nSPS) is 20.2. The van der Waals surface area contributed by atoms with Crippen molar-refractivity contribution >= 4 is 11.8 Å². The maximum atomic E-state index is 5.11. The summed E-state index contributed by atoms with van der Waals surface area (Å²) in [7, 11) is 3.19. The predicted octanol–water partition coefficient (Wildman–Crippen LogP) is -1.72. The zero-order valence-electron chi connectivity index (χ0n) is 9.44. The van der Waals surface area contributed by atoms with Crippen molar-refractivity contribution in [3.05, 3.63) is 6.54 Å². The molecule has 1 atom stereocenters. The molecule has 0 unspecified atom stereocenters. The third kappa shape index (κ3) is 2.97. The van der Waals surface area contributed by atoms with E-state index >= 15 is 0 Å². The second-order valence-corrected chi connectivity index (χ2v) is 3.16. The molecule has 74 valence electrons. The number of aliphatic imine (C=N–C) groups is 2. The van der Waals surface area contributed by atoms with Gasteiger partial charge in [-0.3, -0.25) is 4.99 Å². The summed E-state index contributed by atoms with van der Waals surface area (Å²) < 4.78 is 10.1. The number of ether oxygens (including phenoxy) is 2. The van der Waals surface area contributed by atoms with E-state index in [1.165, 1.54) is 0 Å². The maximum Gasteiger partial charge on any atom is 1.00 e. The third-order valence-corrected chi connectivity index (χ3v) is 1.87. The van der Waals surface area contributed by atoms with E-state index in [9.17, 15) is 0 Å². The summed E-state index contributed by atoms with van der Waals surface area (Å²) >= 11 is 0. The Labute approximate surface area is 97.0 Å². The van der Waals surface area contributed by atoms with E-state index in [-0.39, 0.29) is 24.9 Å². The van der Waals surface area contributed by atoms with E-state index in [2.05, 4.69) is 23.8 Å². The van der Waals surface area contributed by atoms with Crippen LogP contribution in [0.5, 0.6) is 0 Å². The monoisotopic (exact) mass is 190 g/mol. The van der Waals surface area contributed by atoms with Gasteiger partial charge in [0.25, 0.3) is 0 Å². The van der Waals surface area contributed by atoms with Gasteiger partial charge in [0.05, 0.1) is 26.2 Å². The van der Waals surface area contributed by atoms with E-state index in [0.717, 1.165) is 0 Å². The van der Waals surface area contributed by atoms with Gasteiger partial charge in [0.1, 0.15) is 5.90 Å². The van der Waals surface area contributed by atoms with E-state index in [1.54, 1.807) is 20.8 Å². The molecule has 0 aromatic heterocycles. The van der Waals surface area contributed by atoms with Gasteiger partial charge in [0.15, 0.2) is 0 Å². The molecule has 1 rings (SSSR count). The molecule has 0 N–H and O–H groups in total. The molecule has 0 radical (unpaired) electrons. The van der Waals surface area contributed by atoms with E-state index < -0.39 is 0 Å². The van der Waals surface area contributed by atoms with Gasteiger partial charge in [-0.2, -0.15) is 0 Å². The van der Waals surface area contributed by atoms with Crippen LogP contribution in [-0.2, 0) is 9.47 Å². The molecule has 0 amide bonds. The smallest absolute Gasteiger partial charge is 0.566 e. The van der Waals surface area contributed by atoms with Crippen molar-refractivity contribution in [1.29, 1.82) is 0 Å². The van der Waals surface area contributed by atoms with E-state index in [4.69, 9.17) is 9.47 Å². The molecule has 4 nitrogen and oxygen atoms in total. The Kier molecular flexibility index (Phi) is 5.74. The van der Waals surface area contributed by atoms with Crippen molar-refractivity contribution in [2.75, 3.05) is 14.2 Å². The number of rotatable bonds is 1. The van der Waals surface area contributed by atoms with Crippen LogP contribution in [0.4, 0.5) is 0 Å². The molecule has 0 saturated heterocycles. The topological polar surface area (TPSA) is 43.2 Å². The minimum atomic E-state index is -0.0232. The summed E-state index contributed by atoms with van der Waals surface area (Å²) in [5, 5.41) is 0. The Bertz CT molecular complexity index is 239. The molecule has 0 aromatic carbocycles. The van der Waals surface area contributed by atoms with Gasteiger partial charge < -0.3 is 14.5 Å². The molecule has 14 heavy (non-hydrogen) atoms. The zero-order chi connectivity index (χ0) is 9.84. The van der Waals surface area contributed by atoms with Crippen molar-refractivity contribution < 1.29 is 28.3 Å². The molecule has 0 saturated carbocycles. The quantitative estimate of drug-likeness (QED) is 0.364. The molecular weight excluding hydrogens is 175 g/mol. The average molecular weight is 190 g/mol. The SMILES string of the molecule is COC1=N[C@H](C(C)C)C(OC)=N[CH-]1.[Li+]. The molecular formula is C9H15LiN2O2. The van der Waals surface area contributed by atoms with Crippen LogP contribution in [0.25, 0.3) is 0 Å². The third-order valence-electron chi connectivity index (χ3n) is 1.87. The largest absolute Gasteiger partial charge is 1.00 e. The maximum absolute atomic E-state index is 5.11. The standard InChI is InChI=1S/C9H15N2O2.Li/c1-6(2)8-9(13-4)10-5-7(11-8)12-3;/h5-6,8H,1-4H3;/q-1;+1/t8-;/m1./s1. The molecule has 5 heteroatoms.